The first-order valence-corrected chi connectivity index (χ1v) is 10.1. The van der Waals surface area contributed by atoms with Crippen LogP contribution in [0.3, 0.4) is 0 Å². The minimum absolute atomic E-state index is 0.0969. The summed E-state index contributed by atoms with van der Waals surface area (Å²) in [4.78, 5) is 12.4. The molecule has 1 amide bonds. The molecule has 1 aromatic carbocycles. The summed E-state index contributed by atoms with van der Waals surface area (Å²) in [5.41, 5.74) is 0.291. The number of carbonyl (C=O) groups is 1. The van der Waals surface area contributed by atoms with Crippen LogP contribution in [0, 0.1) is 0 Å². The maximum Gasteiger partial charge on any atom is 0.253 e. The molecule has 0 saturated carbocycles. The quantitative estimate of drug-likeness (QED) is 0.593. The summed E-state index contributed by atoms with van der Waals surface area (Å²) < 4.78 is 37.6. The molecule has 0 aromatic heterocycles. The lowest BCUT2D eigenvalue weighted by molar-refractivity contribution is -0.125. The van der Waals surface area contributed by atoms with E-state index in [0.717, 1.165) is 0 Å². The minimum atomic E-state index is -3.64. The van der Waals surface area contributed by atoms with E-state index in [9.17, 15) is 13.2 Å². The number of nitrogens with zero attached hydrogens (tertiary/aromatic N) is 1. The van der Waals surface area contributed by atoms with Crippen molar-refractivity contribution in [3.05, 3.63) is 30.9 Å². The second kappa shape index (κ2) is 10.3. The predicted molar refractivity (Wildman–Crippen MR) is 102 cm³/mol. The molecule has 0 aliphatic heterocycles. The van der Waals surface area contributed by atoms with Crippen LogP contribution >= 0.6 is 0 Å². The molecular formula is C18H28N2O5S. The maximum atomic E-state index is 12.7. The van der Waals surface area contributed by atoms with Gasteiger partial charge in [0.2, 0.25) is 10.0 Å². The maximum absolute atomic E-state index is 12.7. The van der Waals surface area contributed by atoms with Crippen LogP contribution in [0.25, 0.3) is 0 Å². The van der Waals surface area contributed by atoms with Crippen LogP contribution in [0.2, 0.25) is 0 Å². The lowest BCUT2D eigenvalue weighted by Crippen LogP contribution is -2.31. The van der Waals surface area contributed by atoms with Gasteiger partial charge in [0.1, 0.15) is 11.9 Å². The molecule has 0 aliphatic rings. The fourth-order valence-electron chi connectivity index (χ4n) is 2.28. The van der Waals surface area contributed by atoms with E-state index >= 15 is 0 Å². The zero-order valence-electron chi connectivity index (χ0n) is 15.8. The Kier molecular flexibility index (Phi) is 8.77. The molecule has 0 saturated heterocycles. The van der Waals surface area contributed by atoms with Gasteiger partial charge in [0.25, 0.3) is 5.91 Å². The average Bonchev–Trinajstić information content (AvgIpc) is 2.61. The van der Waals surface area contributed by atoms with Crippen molar-refractivity contribution in [2.24, 2.45) is 0 Å². The van der Waals surface area contributed by atoms with Gasteiger partial charge in [-0.25, -0.2) is 8.42 Å². The second-order valence-corrected chi connectivity index (χ2v) is 7.37. The molecule has 146 valence electrons. The first-order chi connectivity index (χ1) is 12.3. The summed E-state index contributed by atoms with van der Waals surface area (Å²) in [5.74, 6) is 0.000424. The van der Waals surface area contributed by atoms with Crippen molar-refractivity contribution in [3.8, 4) is 5.75 Å². The molecule has 0 heterocycles. The minimum Gasteiger partial charge on any atom is -0.492 e. The first-order valence-electron chi connectivity index (χ1n) is 8.62. The molecule has 1 aromatic rings. The molecule has 0 spiro atoms. The Hall–Kier alpha value is -1.90. The van der Waals surface area contributed by atoms with Gasteiger partial charge < -0.3 is 14.8 Å². The number of ether oxygens (including phenoxy) is 2. The molecule has 0 radical (unpaired) electrons. The van der Waals surface area contributed by atoms with Gasteiger partial charge >= 0.3 is 0 Å². The fourth-order valence-corrected chi connectivity index (χ4v) is 3.77. The summed E-state index contributed by atoms with van der Waals surface area (Å²) in [6.45, 7) is 11.8. The molecule has 7 nitrogen and oxygen atoms in total. The Morgan fingerprint density at radius 3 is 2.50 bits per heavy atom. The molecule has 0 bridgehead atoms. The predicted octanol–water partition coefficient (Wildman–Crippen LogP) is 2.65. The van der Waals surface area contributed by atoms with Gasteiger partial charge in [0, 0.05) is 13.1 Å². The Morgan fingerprint density at radius 1 is 1.31 bits per heavy atom. The van der Waals surface area contributed by atoms with Gasteiger partial charge in [0.05, 0.1) is 23.8 Å². The third kappa shape index (κ3) is 5.55. The van der Waals surface area contributed by atoms with Crippen LogP contribution in [-0.4, -0.2) is 51.0 Å². The van der Waals surface area contributed by atoms with E-state index < -0.39 is 22.0 Å². The van der Waals surface area contributed by atoms with E-state index in [0.29, 0.717) is 31.1 Å². The van der Waals surface area contributed by atoms with Gasteiger partial charge in [-0.2, -0.15) is 4.31 Å². The molecule has 1 rings (SSSR count). The van der Waals surface area contributed by atoms with Crippen LogP contribution in [0.5, 0.6) is 5.75 Å². The van der Waals surface area contributed by atoms with Gasteiger partial charge in [-0.15, -0.1) is 6.58 Å². The van der Waals surface area contributed by atoms with Gasteiger partial charge in [-0.05, 0) is 32.0 Å². The summed E-state index contributed by atoms with van der Waals surface area (Å²) in [6, 6.07) is 4.44. The van der Waals surface area contributed by atoms with Crippen LogP contribution < -0.4 is 10.1 Å². The highest BCUT2D eigenvalue weighted by Gasteiger charge is 2.24. The summed E-state index contributed by atoms with van der Waals surface area (Å²) >= 11 is 0. The Labute approximate surface area is 156 Å². The number of hydrogen-bond donors (Lipinski definition) is 1. The van der Waals surface area contributed by atoms with Crippen molar-refractivity contribution in [1.29, 1.82) is 0 Å². The van der Waals surface area contributed by atoms with Crippen molar-refractivity contribution in [1.82, 2.24) is 4.31 Å². The Balaban J connectivity index is 3.19. The monoisotopic (exact) mass is 384 g/mol. The van der Waals surface area contributed by atoms with E-state index in [1.807, 2.05) is 6.92 Å². The van der Waals surface area contributed by atoms with Gasteiger partial charge in [-0.3, -0.25) is 4.79 Å². The lowest BCUT2D eigenvalue weighted by atomic mass is 10.2. The molecule has 26 heavy (non-hydrogen) atoms. The van der Waals surface area contributed by atoms with E-state index in [1.54, 1.807) is 32.9 Å². The van der Waals surface area contributed by atoms with Crippen molar-refractivity contribution in [3.63, 3.8) is 0 Å². The van der Waals surface area contributed by atoms with E-state index in [4.69, 9.17) is 9.47 Å². The van der Waals surface area contributed by atoms with Crippen molar-refractivity contribution in [2.75, 3.05) is 31.6 Å². The topological polar surface area (TPSA) is 84.9 Å². The van der Waals surface area contributed by atoms with Crippen molar-refractivity contribution >= 4 is 21.6 Å². The third-order valence-electron chi connectivity index (χ3n) is 3.69. The third-order valence-corrected chi connectivity index (χ3v) is 5.73. The highest BCUT2D eigenvalue weighted by Crippen LogP contribution is 2.29. The number of anilines is 1. The number of hydrogen-bond acceptors (Lipinski definition) is 5. The van der Waals surface area contributed by atoms with Crippen LogP contribution in [0.4, 0.5) is 5.69 Å². The summed E-state index contributed by atoms with van der Waals surface area (Å²) in [5, 5.41) is 2.69. The van der Waals surface area contributed by atoms with Crippen LogP contribution in [0.1, 0.15) is 27.7 Å². The fraction of sp³-hybridized carbons (Fsp3) is 0.500. The number of carbonyl (C=O) groups excluding carboxylic acids is 1. The molecule has 0 aliphatic carbocycles. The number of benzene rings is 1. The van der Waals surface area contributed by atoms with Crippen LogP contribution in [-0.2, 0) is 19.6 Å². The standard InChI is InChI=1S/C18H28N2O5S/c1-6-12-25-14(5)18(21)19-16-13-15(10-11-17(16)24-9-4)26(22,23)20(7-2)8-3/h6,10-11,13-14H,1,7-9,12H2,2-5H3,(H,19,21). The Morgan fingerprint density at radius 2 is 1.96 bits per heavy atom. The SMILES string of the molecule is C=CCOC(C)C(=O)Nc1cc(S(=O)(=O)N(CC)CC)ccc1OCC. The molecule has 8 heteroatoms. The van der Waals surface area contributed by atoms with E-state index in [2.05, 4.69) is 11.9 Å². The zero-order valence-corrected chi connectivity index (χ0v) is 16.6. The van der Waals surface area contributed by atoms with Crippen LogP contribution in [0.15, 0.2) is 35.7 Å². The first kappa shape index (κ1) is 22.1. The smallest absolute Gasteiger partial charge is 0.253 e. The number of amides is 1. The average molecular weight is 384 g/mol. The largest absolute Gasteiger partial charge is 0.492 e. The number of nitrogens with one attached hydrogen (secondary N) is 1. The molecule has 1 unspecified atom stereocenters. The zero-order chi connectivity index (χ0) is 19.7. The van der Waals surface area contributed by atoms with E-state index in [1.165, 1.54) is 16.4 Å². The summed E-state index contributed by atoms with van der Waals surface area (Å²) in [7, 11) is -3.64. The highest BCUT2D eigenvalue weighted by molar-refractivity contribution is 7.89. The normalized spacial score (nSPS) is 12.7. The number of rotatable bonds is 11. The van der Waals surface area contributed by atoms with Gasteiger partial charge in [0.15, 0.2) is 0 Å². The lowest BCUT2D eigenvalue weighted by Gasteiger charge is -2.20. The molecule has 0 fully saturated rings. The van der Waals surface area contributed by atoms with Crippen molar-refractivity contribution < 1.29 is 22.7 Å². The summed E-state index contributed by atoms with van der Waals surface area (Å²) in [6.07, 6.45) is 0.831. The highest BCUT2D eigenvalue weighted by atomic mass is 32.2. The molecule has 1 atom stereocenters. The number of sulfonamides is 1. The molecule has 1 N–H and O–H groups in total. The molecular weight excluding hydrogens is 356 g/mol. The van der Waals surface area contributed by atoms with Crippen molar-refractivity contribution in [2.45, 2.75) is 38.7 Å². The van der Waals surface area contributed by atoms with Gasteiger partial charge in [-0.1, -0.05) is 19.9 Å². The second-order valence-electron chi connectivity index (χ2n) is 5.43. The van der Waals surface area contributed by atoms with E-state index in [-0.39, 0.29) is 11.5 Å². The Bertz CT molecular complexity index is 714.